The highest BCUT2D eigenvalue weighted by Gasteiger charge is 2.31. The van der Waals surface area contributed by atoms with Crippen molar-refractivity contribution in [1.29, 1.82) is 0 Å². The second-order valence-corrected chi connectivity index (χ2v) is 6.61. The highest BCUT2D eigenvalue weighted by atomic mass is 35.5. The van der Waals surface area contributed by atoms with Gasteiger partial charge in [0.05, 0.1) is 17.4 Å². The van der Waals surface area contributed by atoms with Crippen molar-refractivity contribution in [2.24, 2.45) is 0 Å². The molecule has 116 valence electrons. The van der Waals surface area contributed by atoms with Crippen LogP contribution in [0.1, 0.15) is 27.7 Å². The molecule has 1 aliphatic heterocycles. The van der Waals surface area contributed by atoms with Crippen LogP contribution in [0.15, 0.2) is 12.4 Å². The van der Waals surface area contributed by atoms with Gasteiger partial charge in [0.2, 0.25) is 5.95 Å². The van der Waals surface area contributed by atoms with Gasteiger partial charge in [-0.2, -0.15) is 0 Å². The molecule has 0 bridgehead atoms. The number of ether oxygens (including phenoxy) is 1. The summed E-state index contributed by atoms with van der Waals surface area (Å²) in [7, 11) is 0. The third kappa shape index (κ3) is 4.20. The van der Waals surface area contributed by atoms with E-state index in [1.165, 1.54) is 0 Å². The maximum atomic E-state index is 12.1. The minimum absolute atomic E-state index is 0.0351. The molecule has 7 heteroatoms. The molecule has 2 rings (SSSR count). The number of anilines is 1. The molecule has 1 saturated heterocycles. The summed E-state index contributed by atoms with van der Waals surface area (Å²) in [4.78, 5) is 24.4. The van der Waals surface area contributed by atoms with Gasteiger partial charge >= 0.3 is 6.09 Å². The summed E-state index contributed by atoms with van der Waals surface area (Å²) < 4.78 is 5.42. The Bertz CT molecular complexity index is 501. The smallest absolute Gasteiger partial charge is 0.410 e. The largest absolute Gasteiger partial charge is 0.444 e. The molecule has 1 atom stereocenters. The van der Waals surface area contributed by atoms with E-state index >= 15 is 0 Å². The number of hydrogen-bond donors (Lipinski definition) is 0. The van der Waals surface area contributed by atoms with Crippen LogP contribution in [0.4, 0.5) is 10.7 Å². The van der Waals surface area contributed by atoms with Crippen molar-refractivity contribution >= 4 is 23.6 Å². The van der Waals surface area contributed by atoms with Crippen LogP contribution in [0.5, 0.6) is 0 Å². The Labute approximate surface area is 130 Å². The van der Waals surface area contributed by atoms with Crippen molar-refractivity contribution < 1.29 is 9.53 Å². The van der Waals surface area contributed by atoms with Gasteiger partial charge in [0, 0.05) is 25.7 Å². The molecule has 6 nitrogen and oxygen atoms in total. The molecular weight excluding hydrogens is 292 g/mol. The average molecular weight is 313 g/mol. The maximum absolute atomic E-state index is 12.1. The molecule has 1 fully saturated rings. The second-order valence-electron chi connectivity index (χ2n) is 6.17. The van der Waals surface area contributed by atoms with Gasteiger partial charge in [0.1, 0.15) is 5.60 Å². The number of halogens is 1. The van der Waals surface area contributed by atoms with E-state index in [4.69, 9.17) is 16.3 Å². The Morgan fingerprint density at radius 1 is 1.33 bits per heavy atom. The first-order valence-corrected chi connectivity index (χ1v) is 7.36. The number of carbonyl (C=O) groups is 1. The van der Waals surface area contributed by atoms with Gasteiger partial charge in [-0.1, -0.05) is 11.6 Å². The minimum atomic E-state index is -0.479. The van der Waals surface area contributed by atoms with Gasteiger partial charge in [-0.25, -0.2) is 14.8 Å². The predicted molar refractivity (Wildman–Crippen MR) is 81.7 cm³/mol. The molecule has 2 heterocycles. The third-order valence-electron chi connectivity index (χ3n) is 3.15. The Hall–Kier alpha value is -1.56. The van der Waals surface area contributed by atoms with Crippen LogP contribution in [-0.4, -0.2) is 52.2 Å². The normalized spacial score (nSPS) is 19.6. The summed E-state index contributed by atoms with van der Waals surface area (Å²) in [6.45, 7) is 9.52. The van der Waals surface area contributed by atoms with Gasteiger partial charge in [-0.15, -0.1) is 0 Å². The van der Waals surface area contributed by atoms with Crippen molar-refractivity contribution in [2.75, 3.05) is 24.5 Å². The number of rotatable bonds is 1. The SMILES string of the molecule is C[C@H]1CN(c2ncc(Cl)cn2)CCN1C(=O)OC(C)(C)C. The van der Waals surface area contributed by atoms with E-state index in [1.54, 1.807) is 17.3 Å². The van der Waals surface area contributed by atoms with Crippen LogP contribution in [0.3, 0.4) is 0 Å². The van der Waals surface area contributed by atoms with Crippen LogP contribution < -0.4 is 4.90 Å². The summed E-state index contributed by atoms with van der Waals surface area (Å²) in [5.41, 5.74) is -0.479. The predicted octanol–water partition coefficient (Wildman–Crippen LogP) is 2.58. The van der Waals surface area contributed by atoms with Crippen LogP contribution >= 0.6 is 11.6 Å². The van der Waals surface area contributed by atoms with Gasteiger partial charge in [0.15, 0.2) is 0 Å². The molecule has 0 radical (unpaired) electrons. The fourth-order valence-corrected chi connectivity index (χ4v) is 2.30. The van der Waals surface area contributed by atoms with Crippen LogP contribution in [-0.2, 0) is 4.74 Å². The lowest BCUT2D eigenvalue weighted by molar-refractivity contribution is 0.0158. The monoisotopic (exact) mass is 312 g/mol. The Morgan fingerprint density at radius 2 is 1.95 bits per heavy atom. The van der Waals surface area contributed by atoms with E-state index < -0.39 is 5.60 Å². The van der Waals surface area contributed by atoms with Crippen molar-refractivity contribution in [3.63, 3.8) is 0 Å². The number of piperazine rings is 1. The Kier molecular flexibility index (Phi) is 4.56. The zero-order valence-corrected chi connectivity index (χ0v) is 13.6. The number of nitrogens with zero attached hydrogens (tertiary/aromatic N) is 4. The second kappa shape index (κ2) is 6.05. The summed E-state index contributed by atoms with van der Waals surface area (Å²) >= 11 is 5.79. The molecule has 1 amide bonds. The fourth-order valence-electron chi connectivity index (χ4n) is 2.20. The lowest BCUT2D eigenvalue weighted by atomic mass is 10.2. The lowest BCUT2D eigenvalue weighted by Crippen LogP contribution is -2.55. The summed E-state index contributed by atoms with van der Waals surface area (Å²) in [5, 5.41) is 0.513. The first kappa shape index (κ1) is 15.8. The standard InChI is InChI=1S/C14H21ClN4O2/c1-10-9-18(12-16-7-11(15)8-17-12)5-6-19(10)13(20)21-14(2,3)4/h7-8,10H,5-6,9H2,1-4H3/t10-/m0/s1. The van der Waals surface area contributed by atoms with Gasteiger partial charge < -0.3 is 14.5 Å². The fraction of sp³-hybridized carbons (Fsp3) is 0.643. The quantitative estimate of drug-likeness (QED) is 0.797. The lowest BCUT2D eigenvalue weighted by Gasteiger charge is -2.40. The molecular formula is C14H21ClN4O2. The number of hydrogen-bond acceptors (Lipinski definition) is 5. The van der Waals surface area contributed by atoms with Crippen LogP contribution in [0.2, 0.25) is 5.02 Å². The summed E-state index contributed by atoms with van der Waals surface area (Å²) in [6, 6.07) is 0.0351. The highest BCUT2D eigenvalue weighted by molar-refractivity contribution is 6.30. The zero-order chi connectivity index (χ0) is 15.6. The minimum Gasteiger partial charge on any atom is -0.444 e. The van der Waals surface area contributed by atoms with E-state index in [2.05, 4.69) is 9.97 Å². The van der Waals surface area contributed by atoms with Gasteiger partial charge in [-0.3, -0.25) is 0 Å². The summed E-state index contributed by atoms with van der Waals surface area (Å²) in [6.07, 6.45) is 2.88. The van der Waals surface area contributed by atoms with E-state index in [0.29, 0.717) is 30.6 Å². The molecule has 0 N–H and O–H groups in total. The molecule has 0 aromatic carbocycles. The number of aromatic nitrogens is 2. The Morgan fingerprint density at radius 3 is 2.48 bits per heavy atom. The Balaban J connectivity index is 1.99. The summed E-state index contributed by atoms with van der Waals surface area (Å²) in [5.74, 6) is 0.634. The van der Waals surface area contributed by atoms with Crippen LogP contribution in [0.25, 0.3) is 0 Å². The van der Waals surface area contributed by atoms with Crippen molar-refractivity contribution in [3.8, 4) is 0 Å². The molecule has 21 heavy (non-hydrogen) atoms. The van der Waals surface area contributed by atoms with E-state index in [-0.39, 0.29) is 12.1 Å². The van der Waals surface area contributed by atoms with Crippen molar-refractivity contribution in [2.45, 2.75) is 39.3 Å². The maximum Gasteiger partial charge on any atom is 0.410 e. The molecule has 0 saturated carbocycles. The average Bonchev–Trinajstić information content (AvgIpc) is 2.37. The molecule has 1 aliphatic rings. The van der Waals surface area contributed by atoms with E-state index in [9.17, 15) is 4.79 Å². The molecule has 0 unspecified atom stereocenters. The molecule has 1 aromatic rings. The molecule has 0 aliphatic carbocycles. The zero-order valence-electron chi connectivity index (χ0n) is 12.8. The number of carbonyl (C=O) groups excluding carboxylic acids is 1. The highest BCUT2D eigenvalue weighted by Crippen LogP contribution is 2.18. The van der Waals surface area contributed by atoms with E-state index in [1.807, 2.05) is 32.6 Å². The van der Waals surface area contributed by atoms with E-state index in [0.717, 1.165) is 0 Å². The topological polar surface area (TPSA) is 58.6 Å². The van der Waals surface area contributed by atoms with Crippen LogP contribution in [0, 0.1) is 0 Å². The van der Waals surface area contributed by atoms with Gasteiger partial charge in [-0.05, 0) is 27.7 Å². The third-order valence-corrected chi connectivity index (χ3v) is 3.34. The first-order chi connectivity index (χ1) is 9.76. The van der Waals surface area contributed by atoms with Crippen molar-refractivity contribution in [1.82, 2.24) is 14.9 Å². The van der Waals surface area contributed by atoms with Gasteiger partial charge in [0.25, 0.3) is 0 Å². The molecule has 1 aromatic heterocycles. The molecule has 0 spiro atoms. The number of amides is 1. The van der Waals surface area contributed by atoms with Crippen molar-refractivity contribution in [3.05, 3.63) is 17.4 Å². The first-order valence-electron chi connectivity index (χ1n) is 6.98.